The molecule has 0 fully saturated rings. The molecule has 0 aliphatic heterocycles. The first-order valence-corrected chi connectivity index (χ1v) is 13.2. The third-order valence-electron chi connectivity index (χ3n) is 6.24. The van der Waals surface area contributed by atoms with Gasteiger partial charge in [-0.15, -0.1) is 11.3 Å². The van der Waals surface area contributed by atoms with Crippen molar-refractivity contribution in [2.75, 3.05) is 11.1 Å². The first-order chi connectivity index (χ1) is 19.0. The quantitative estimate of drug-likeness (QED) is 0.181. The van der Waals surface area contributed by atoms with Crippen molar-refractivity contribution < 1.29 is 9.59 Å². The molecule has 0 bridgehead atoms. The second-order valence-electron chi connectivity index (χ2n) is 8.94. The lowest BCUT2D eigenvalue weighted by Crippen LogP contribution is -2.23. The van der Waals surface area contributed by atoms with Gasteiger partial charge in [-0.05, 0) is 53.6 Å². The summed E-state index contributed by atoms with van der Waals surface area (Å²) in [6, 6.07) is 30.0. The second-order valence-corrected chi connectivity index (χ2v) is 10.1. The van der Waals surface area contributed by atoms with Crippen LogP contribution in [0, 0.1) is 0 Å². The molecule has 8 heteroatoms. The number of carbonyl (C=O) groups is 2. The van der Waals surface area contributed by atoms with E-state index in [-0.39, 0.29) is 12.5 Å². The predicted octanol–water partition coefficient (Wildman–Crippen LogP) is 5.70. The standard InChI is InChI=1S/C31H27N5O2S/c32-28-9-5-4-8-25(28)27-16-20(10-15-26(27)29(33)37)17-35-30(38)21-11-13-22(14-12-21)31-36-19-24(39-31)18-34-23-6-2-1-3-7-23/h1-16,19,34H,17-18,32H2,(H2,33,37)(H,35,38). The zero-order valence-electron chi connectivity index (χ0n) is 21.1. The Balaban J connectivity index is 1.23. The molecule has 5 rings (SSSR count). The lowest BCUT2D eigenvalue weighted by atomic mass is 9.95. The van der Waals surface area contributed by atoms with Crippen molar-refractivity contribution in [3.8, 4) is 21.7 Å². The number of hydrogen-bond donors (Lipinski definition) is 4. The van der Waals surface area contributed by atoms with Crippen LogP contribution in [-0.4, -0.2) is 16.8 Å². The summed E-state index contributed by atoms with van der Waals surface area (Å²) in [5.74, 6) is -0.739. The summed E-state index contributed by atoms with van der Waals surface area (Å²) >= 11 is 1.61. The van der Waals surface area contributed by atoms with E-state index < -0.39 is 5.91 Å². The average Bonchev–Trinajstić information content (AvgIpc) is 3.45. The molecular formula is C31H27N5O2S. The molecule has 0 saturated carbocycles. The zero-order chi connectivity index (χ0) is 27.2. The average molecular weight is 534 g/mol. The third kappa shape index (κ3) is 6.14. The lowest BCUT2D eigenvalue weighted by molar-refractivity contribution is 0.0949. The number of para-hydroxylation sites is 2. The van der Waals surface area contributed by atoms with E-state index in [1.54, 1.807) is 41.7 Å². The lowest BCUT2D eigenvalue weighted by Gasteiger charge is -2.13. The molecule has 0 aliphatic carbocycles. The van der Waals surface area contributed by atoms with Crippen LogP contribution in [-0.2, 0) is 13.1 Å². The summed E-state index contributed by atoms with van der Waals surface area (Å²) in [4.78, 5) is 30.5. The monoisotopic (exact) mass is 533 g/mol. The molecule has 0 saturated heterocycles. The van der Waals surface area contributed by atoms with Crippen LogP contribution >= 0.6 is 11.3 Å². The fraction of sp³-hybridized carbons (Fsp3) is 0.0645. The van der Waals surface area contributed by atoms with E-state index in [9.17, 15) is 9.59 Å². The number of nitrogens with zero attached hydrogens (tertiary/aromatic N) is 1. The summed E-state index contributed by atoms with van der Waals surface area (Å²) < 4.78 is 0. The number of nitrogens with two attached hydrogens (primary N) is 2. The number of thiazole rings is 1. The van der Waals surface area contributed by atoms with Crippen molar-refractivity contribution in [2.24, 2.45) is 5.73 Å². The maximum absolute atomic E-state index is 12.8. The van der Waals surface area contributed by atoms with Gasteiger partial charge in [0.15, 0.2) is 0 Å². The van der Waals surface area contributed by atoms with Gasteiger partial charge in [-0.3, -0.25) is 9.59 Å². The summed E-state index contributed by atoms with van der Waals surface area (Å²) in [5.41, 5.74) is 17.4. The van der Waals surface area contributed by atoms with E-state index in [2.05, 4.69) is 15.6 Å². The van der Waals surface area contributed by atoms with Crippen LogP contribution < -0.4 is 22.1 Å². The summed E-state index contributed by atoms with van der Waals surface area (Å²) in [6.07, 6.45) is 1.87. The van der Waals surface area contributed by atoms with E-state index in [4.69, 9.17) is 11.5 Å². The van der Waals surface area contributed by atoms with Gasteiger partial charge in [0.2, 0.25) is 5.91 Å². The SMILES string of the molecule is NC(=O)c1ccc(CNC(=O)c2ccc(-c3ncc(CNc4ccccc4)s3)cc2)cc1-c1ccccc1N. The molecule has 1 heterocycles. The Hall–Kier alpha value is -4.95. The number of primary amides is 1. The summed E-state index contributed by atoms with van der Waals surface area (Å²) in [5, 5.41) is 7.23. The third-order valence-corrected chi connectivity index (χ3v) is 7.29. The molecule has 6 N–H and O–H groups in total. The Morgan fingerprint density at radius 2 is 1.56 bits per heavy atom. The Morgan fingerprint density at radius 1 is 0.821 bits per heavy atom. The number of benzene rings is 4. The summed E-state index contributed by atoms with van der Waals surface area (Å²) in [7, 11) is 0. The van der Waals surface area contributed by atoms with E-state index in [0.717, 1.165) is 32.3 Å². The van der Waals surface area contributed by atoms with Gasteiger partial charge in [0.25, 0.3) is 5.91 Å². The number of amides is 2. The van der Waals surface area contributed by atoms with Crippen LogP contribution in [0.1, 0.15) is 31.2 Å². The topological polar surface area (TPSA) is 123 Å². The summed E-state index contributed by atoms with van der Waals surface area (Å²) in [6.45, 7) is 0.977. The molecular weight excluding hydrogens is 506 g/mol. The minimum Gasteiger partial charge on any atom is -0.398 e. The molecule has 7 nitrogen and oxygen atoms in total. The first kappa shape index (κ1) is 25.7. The molecule has 39 heavy (non-hydrogen) atoms. The van der Waals surface area contributed by atoms with Gasteiger partial charge in [0, 0.05) is 51.2 Å². The van der Waals surface area contributed by atoms with E-state index >= 15 is 0 Å². The molecule has 5 aromatic rings. The molecule has 4 aromatic carbocycles. The fourth-order valence-corrected chi connectivity index (χ4v) is 5.06. The highest BCUT2D eigenvalue weighted by Gasteiger charge is 2.14. The van der Waals surface area contributed by atoms with Gasteiger partial charge in [-0.2, -0.15) is 0 Å². The van der Waals surface area contributed by atoms with Crippen molar-refractivity contribution in [1.29, 1.82) is 0 Å². The number of anilines is 2. The van der Waals surface area contributed by atoms with Crippen molar-refractivity contribution in [3.05, 3.63) is 125 Å². The van der Waals surface area contributed by atoms with E-state index in [1.807, 2.05) is 72.9 Å². The molecule has 0 atom stereocenters. The molecule has 0 aliphatic rings. The van der Waals surface area contributed by atoms with Crippen LogP contribution in [0.5, 0.6) is 0 Å². The Morgan fingerprint density at radius 3 is 2.31 bits per heavy atom. The number of nitrogen functional groups attached to an aromatic ring is 1. The highest BCUT2D eigenvalue weighted by molar-refractivity contribution is 7.15. The molecule has 0 radical (unpaired) electrons. The Labute approximate surface area is 230 Å². The number of hydrogen-bond acceptors (Lipinski definition) is 6. The van der Waals surface area contributed by atoms with Gasteiger partial charge in [-0.1, -0.05) is 54.6 Å². The fourth-order valence-electron chi connectivity index (χ4n) is 4.20. The largest absolute Gasteiger partial charge is 0.398 e. The number of carbonyl (C=O) groups excluding carboxylic acids is 2. The minimum atomic E-state index is -0.538. The molecule has 2 amide bonds. The predicted molar refractivity (Wildman–Crippen MR) is 157 cm³/mol. The van der Waals surface area contributed by atoms with Gasteiger partial charge in [0.1, 0.15) is 5.01 Å². The van der Waals surface area contributed by atoms with E-state index in [0.29, 0.717) is 28.9 Å². The van der Waals surface area contributed by atoms with Crippen molar-refractivity contribution >= 4 is 34.5 Å². The van der Waals surface area contributed by atoms with Crippen LogP contribution in [0.3, 0.4) is 0 Å². The Kier molecular flexibility index (Phi) is 7.65. The van der Waals surface area contributed by atoms with Crippen molar-refractivity contribution in [2.45, 2.75) is 13.1 Å². The van der Waals surface area contributed by atoms with Gasteiger partial charge in [0.05, 0.1) is 6.54 Å². The number of nitrogens with one attached hydrogen (secondary N) is 2. The molecule has 0 spiro atoms. The first-order valence-electron chi connectivity index (χ1n) is 12.4. The maximum atomic E-state index is 12.8. The van der Waals surface area contributed by atoms with Crippen molar-refractivity contribution in [3.63, 3.8) is 0 Å². The van der Waals surface area contributed by atoms with Gasteiger partial charge in [-0.25, -0.2) is 4.98 Å². The van der Waals surface area contributed by atoms with E-state index in [1.165, 1.54) is 0 Å². The van der Waals surface area contributed by atoms with Crippen LogP contribution in [0.4, 0.5) is 11.4 Å². The smallest absolute Gasteiger partial charge is 0.251 e. The molecule has 194 valence electrons. The minimum absolute atomic E-state index is 0.201. The van der Waals surface area contributed by atoms with Gasteiger partial charge < -0.3 is 22.1 Å². The van der Waals surface area contributed by atoms with Crippen molar-refractivity contribution in [1.82, 2.24) is 10.3 Å². The Bertz CT molecular complexity index is 1610. The van der Waals surface area contributed by atoms with Crippen LogP contribution in [0.15, 0.2) is 103 Å². The maximum Gasteiger partial charge on any atom is 0.251 e. The molecule has 0 unspecified atom stereocenters. The van der Waals surface area contributed by atoms with Crippen LogP contribution in [0.2, 0.25) is 0 Å². The van der Waals surface area contributed by atoms with Gasteiger partial charge >= 0.3 is 0 Å². The van der Waals surface area contributed by atoms with Crippen LogP contribution in [0.25, 0.3) is 21.7 Å². The number of aromatic nitrogens is 1. The highest BCUT2D eigenvalue weighted by Crippen LogP contribution is 2.30. The second kappa shape index (κ2) is 11.6. The number of rotatable bonds is 9. The zero-order valence-corrected chi connectivity index (χ0v) is 21.9. The normalized spacial score (nSPS) is 10.7. The molecule has 1 aromatic heterocycles. The highest BCUT2D eigenvalue weighted by atomic mass is 32.1.